The van der Waals surface area contributed by atoms with Gasteiger partial charge in [0.05, 0.1) is 6.61 Å². The summed E-state index contributed by atoms with van der Waals surface area (Å²) in [6.45, 7) is 14.9. The lowest BCUT2D eigenvalue weighted by molar-refractivity contribution is 0.143. The van der Waals surface area contributed by atoms with Crippen molar-refractivity contribution in [1.82, 2.24) is 10.2 Å². The maximum Gasteiger partial charge on any atom is 0.407 e. The molecule has 6 nitrogen and oxygen atoms in total. The number of rotatable bonds is 13. The molecule has 0 saturated heterocycles. The van der Waals surface area contributed by atoms with Crippen LogP contribution in [0.4, 0.5) is 4.79 Å². The van der Waals surface area contributed by atoms with Crippen molar-refractivity contribution in [2.24, 2.45) is 10.7 Å². The van der Waals surface area contributed by atoms with Crippen LogP contribution in [0.3, 0.4) is 0 Å². The first-order valence-corrected chi connectivity index (χ1v) is 10.9. The lowest BCUT2D eigenvalue weighted by atomic mass is 10.1. The molecule has 0 unspecified atom stereocenters. The van der Waals surface area contributed by atoms with E-state index in [1.165, 1.54) is 5.56 Å². The van der Waals surface area contributed by atoms with E-state index in [4.69, 9.17) is 22.1 Å². The van der Waals surface area contributed by atoms with Gasteiger partial charge in [0.2, 0.25) is 0 Å². The highest BCUT2D eigenvalue weighted by molar-refractivity contribution is 6.29. The van der Waals surface area contributed by atoms with Crippen LogP contribution in [0, 0.1) is 0 Å². The molecule has 31 heavy (non-hydrogen) atoms. The van der Waals surface area contributed by atoms with Gasteiger partial charge in [-0.15, -0.1) is 0 Å². The predicted molar refractivity (Wildman–Crippen MR) is 130 cm³/mol. The molecule has 1 rings (SSSR count). The number of amidine groups is 1. The third-order valence-corrected chi connectivity index (χ3v) is 4.90. The normalized spacial score (nSPS) is 12.1. The summed E-state index contributed by atoms with van der Waals surface area (Å²) in [5.74, 6) is 0.324. The van der Waals surface area contributed by atoms with E-state index in [1.807, 2.05) is 30.9 Å². The van der Waals surface area contributed by atoms with Crippen molar-refractivity contribution in [3.8, 4) is 0 Å². The zero-order valence-electron chi connectivity index (χ0n) is 18.9. The molecule has 1 aromatic rings. The molecule has 0 aliphatic rings. The molecule has 0 aliphatic carbocycles. The number of nitrogens with one attached hydrogen (secondary N) is 1. The molecule has 0 spiro atoms. The molecule has 0 aromatic heterocycles. The monoisotopic (exact) mass is 446 g/mol. The minimum absolute atomic E-state index is 0.138. The molecule has 0 aliphatic heterocycles. The van der Waals surface area contributed by atoms with Crippen LogP contribution in [0.2, 0.25) is 0 Å². The van der Waals surface area contributed by atoms with Gasteiger partial charge in [-0.05, 0) is 50.4 Å². The summed E-state index contributed by atoms with van der Waals surface area (Å²) >= 11 is 5.69. The molecule has 0 radical (unpaired) electrons. The molecule has 3 N–H and O–H groups in total. The zero-order chi connectivity index (χ0) is 23.2. The summed E-state index contributed by atoms with van der Waals surface area (Å²) < 4.78 is 5.28. The molecule has 7 heteroatoms. The molecular formula is C24H35ClN4O2. The average molecular weight is 447 g/mol. The van der Waals surface area contributed by atoms with Crippen LogP contribution in [0.25, 0.3) is 0 Å². The van der Waals surface area contributed by atoms with E-state index in [9.17, 15) is 4.79 Å². The summed E-state index contributed by atoms with van der Waals surface area (Å²) in [5.41, 5.74) is 10.0. The van der Waals surface area contributed by atoms with Crippen LogP contribution in [-0.4, -0.2) is 30.0 Å². The minimum Gasteiger partial charge on any atom is -0.450 e. The summed E-state index contributed by atoms with van der Waals surface area (Å²) in [4.78, 5) is 17.9. The zero-order valence-corrected chi connectivity index (χ0v) is 19.7. The van der Waals surface area contributed by atoms with E-state index in [2.05, 4.69) is 42.5 Å². The SMILES string of the molecule is C=CN(CCCCOC(=O)NCc1cccc(CCC)c1)/C(C)=C(C)/C(N)=N\C(=C)Cl. The quantitative estimate of drug-likeness (QED) is 0.183. The van der Waals surface area contributed by atoms with Crippen LogP contribution in [-0.2, 0) is 17.7 Å². The second-order valence-electron chi connectivity index (χ2n) is 7.23. The van der Waals surface area contributed by atoms with Crippen molar-refractivity contribution in [2.45, 2.75) is 53.0 Å². The number of allylic oxidation sites excluding steroid dienone is 1. The summed E-state index contributed by atoms with van der Waals surface area (Å²) in [7, 11) is 0. The average Bonchev–Trinajstić information content (AvgIpc) is 2.74. The number of halogens is 1. The first kappa shape index (κ1) is 26.3. The van der Waals surface area contributed by atoms with E-state index >= 15 is 0 Å². The molecule has 0 fully saturated rings. The Balaban J connectivity index is 2.38. The van der Waals surface area contributed by atoms with Gasteiger partial charge in [0, 0.05) is 24.4 Å². The van der Waals surface area contributed by atoms with Gasteiger partial charge in [0.1, 0.15) is 11.0 Å². The highest BCUT2D eigenvalue weighted by atomic mass is 35.5. The number of aliphatic imine (C=N–C) groups is 1. The largest absolute Gasteiger partial charge is 0.450 e. The standard InChI is InChI=1S/C24H35ClN4O2/c1-6-11-21-12-10-13-22(16-21)17-27-24(30)31-15-9-8-14-29(7-2)19(4)18(3)23(26)28-20(5)25/h7,10,12-13,16H,2,5-6,8-9,11,14-15,17H2,1,3-4H3,(H2,26,28)(H,27,30)/b19-18+. The maximum atomic E-state index is 11.9. The molecule has 1 amide bonds. The van der Waals surface area contributed by atoms with Crippen molar-refractivity contribution in [3.05, 3.63) is 71.2 Å². The fraction of sp³-hybridized carbons (Fsp3) is 0.417. The lowest BCUT2D eigenvalue weighted by Crippen LogP contribution is -2.25. The predicted octanol–water partition coefficient (Wildman–Crippen LogP) is 5.45. The number of alkyl carbamates (subject to hydrolysis) is 1. The van der Waals surface area contributed by atoms with Crippen LogP contribution >= 0.6 is 11.6 Å². The van der Waals surface area contributed by atoms with E-state index in [1.54, 1.807) is 6.20 Å². The number of hydrogen-bond donors (Lipinski definition) is 2. The number of benzene rings is 1. The molecule has 170 valence electrons. The highest BCUT2D eigenvalue weighted by Gasteiger charge is 2.09. The van der Waals surface area contributed by atoms with Gasteiger partial charge in [-0.1, -0.05) is 62.4 Å². The summed E-state index contributed by atoms with van der Waals surface area (Å²) in [5, 5.41) is 2.94. The maximum absolute atomic E-state index is 11.9. The number of carbonyl (C=O) groups excluding carboxylic acids is 1. The molecular weight excluding hydrogens is 412 g/mol. The highest BCUT2D eigenvalue weighted by Crippen LogP contribution is 2.13. The molecule has 1 aromatic carbocycles. The van der Waals surface area contributed by atoms with E-state index in [-0.39, 0.29) is 5.16 Å². The Hall–Kier alpha value is -2.73. The van der Waals surface area contributed by atoms with Gasteiger partial charge in [-0.3, -0.25) is 0 Å². The van der Waals surface area contributed by atoms with Crippen LogP contribution < -0.4 is 11.1 Å². The van der Waals surface area contributed by atoms with Crippen LogP contribution in [0.5, 0.6) is 0 Å². The Morgan fingerprint density at radius 1 is 1.32 bits per heavy atom. The first-order chi connectivity index (χ1) is 14.8. The summed E-state index contributed by atoms with van der Waals surface area (Å²) in [6.07, 6.45) is 5.03. The third-order valence-electron chi connectivity index (χ3n) is 4.81. The van der Waals surface area contributed by atoms with Crippen LogP contribution in [0.15, 0.2) is 65.0 Å². The number of amides is 1. The summed E-state index contributed by atoms with van der Waals surface area (Å²) in [6, 6.07) is 8.24. The van der Waals surface area contributed by atoms with Crippen molar-refractivity contribution in [2.75, 3.05) is 13.2 Å². The first-order valence-electron chi connectivity index (χ1n) is 10.5. The van der Waals surface area contributed by atoms with Gasteiger partial charge in [0.15, 0.2) is 0 Å². The Labute approximate surface area is 191 Å². The number of carbonyl (C=O) groups is 1. The lowest BCUT2D eigenvalue weighted by Gasteiger charge is -2.23. The number of unbranched alkanes of at least 4 members (excludes halogenated alkanes) is 1. The number of nitrogens with two attached hydrogens (primary N) is 1. The number of ether oxygens (including phenoxy) is 1. The Kier molecular flexibility index (Phi) is 12.1. The fourth-order valence-electron chi connectivity index (χ4n) is 2.97. The Morgan fingerprint density at radius 3 is 2.68 bits per heavy atom. The second-order valence-corrected chi connectivity index (χ2v) is 7.66. The Bertz CT molecular complexity index is 818. The van der Waals surface area contributed by atoms with Gasteiger partial charge in [-0.2, -0.15) is 0 Å². The van der Waals surface area contributed by atoms with E-state index in [0.717, 1.165) is 49.1 Å². The van der Waals surface area contributed by atoms with Crippen molar-refractivity contribution in [3.63, 3.8) is 0 Å². The fourth-order valence-corrected chi connectivity index (χ4v) is 3.06. The molecule has 0 bridgehead atoms. The Morgan fingerprint density at radius 2 is 2.03 bits per heavy atom. The van der Waals surface area contributed by atoms with E-state index in [0.29, 0.717) is 19.0 Å². The second kappa shape index (κ2) is 14.3. The van der Waals surface area contributed by atoms with Crippen LogP contribution in [0.1, 0.15) is 51.2 Å². The number of hydrogen-bond acceptors (Lipinski definition) is 4. The molecule has 0 saturated carbocycles. The van der Waals surface area contributed by atoms with Crippen molar-refractivity contribution in [1.29, 1.82) is 0 Å². The van der Waals surface area contributed by atoms with Gasteiger partial charge < -0.3 is 20.7 Å². The number of aryl methyl sites for hydroxylation is 1. The third kappa shape index (κ3) is 10.2. The van der Waals surface area contributed by atoms with Gasteiger partial charge in [0.25, 0.3) is 0 Å². The van der Waals surface area contributed by atoms with Crippen molar-refractivity contribution >= 4 is 23.5 Å². The molecule has 0 heterocycles. The van der Waals surface area contributed by atoms with Gasteiger partial charge in [-0.25, -0.2) is 9.79 Å². The smallest absolute Gasteiger partial charge is 0.407 e. The van der Waals surface area contributed by atoms with Gasteiger partial charge >= 0.3 is 6.09 Å². The topological polar surface area (TPSA) is 80.0 Å². The minimum atomic E-state index is -0.404. The van der Waals surface area contributed by atoms with Crippen molar-refractivity contribution < 1.29 is 9.53 Å². The number of nitrogens with zero attached hydrogens (tertiary/aromatic N) is 2. The molecule has 0 atom stereocenters. The van der Waals surface area contributed by atoms with E-state index < -0.39 is 6.09 Å².